The number of hydrogen-bond acceptors (Lipinski definition) is 5. The zero-order chi connectivity index (χ0) is 19.8. The molecule has 8 nitrogen and oxygen atoms in total. The molecular weight excluding hydrogens is 360 g/mol. The molecule has 4 rings (SSSR count). The van der Waals surface area contributed by atoms with E-state index in [1.165, 1.54) is 4.90 Å². The second kappa shape index (κ2) is 6.88. The van der Waals surface area contributed by atoms with Crippen LogP contribution < -0.4 is 10.6 Å². The average Bonchev–Trinajstić information content (AvgIpc) is 2.98. The number of aromatic nitrogens is 1. The molecule has 28 heavy (non-hydrogen) atoms. The Bertz CT molecular complexity index is 1020. The van der Waals surface area contributed by atoms with Gasteiger partial charge in [-0.15, -0.1) is 0 Å². The van der Waals surface area contributed by atoms with Crippen molar-refractivity contribution in [2.24, 2.45) is 0 Å². The van der Waals surface area contributed by atoms with Crippen LogP contribution in [0.4, 0.5) is 5.69 Å². The molecule has 2 N–H and O–H groups in total. The number of nitrogens with one attached hydrogen (secondary N) is 2. The highest BCUT2D eigenvalue weighted by Crippen LogP contribution is 2.29. The summed E-state index contributed by atoms with van der Waals surface area (Å²) < 4.78 is 0. The monoisotopic (exact) mass is 378 g/mol. The van der Waals surface area contributed by atoms with Crippen LogP contribution in [0.2, 0.25) is 0 Å². The highest BCUT2D eigenvalue weighted by Gasteiger charge is 2.39. The SMILES string of the molecule is Cc1cccnc1C(=O)Nc1ccc2c(c1)C(=O)N(C1CCC(=O)NC1=O)C2. The van der Waals surface area contributed by atoms with Crippen molar-refractivity contribution in [2.45, 2.75) is 32.4 Å². The summed E-state index contributed by atoms with van der Waals surface area (Å²) in [7, 11) is 0. The van der Waals surface area contributed by atoms with Gasteiger partial charge < -0.3 is 10.2 Å². The van der Waals surface area contributed by atoms with Crippen LogP contribution >= 0.6 is 0 Å². The number of aryl methyl sites for hydroxylation is 1. The predicted octanol–water partition coefficient (Wildman–Crippen LogP) is 1.40. The van der Waals surface area contributed by atoms with E-state index in [9.17, 15) is 19.2 Å². The summed E-state index contributed by atoms with van der Waals surface area (Å²) in [4.78, 5) is 54.3. The standard InChI is InChI=1S/C20H18N4O4/c1-11-3-2-8-21-17(11)19(27)22-13-5-4-12-10-24(20(28)14(12)9-13)15-6-7-16(25)23-18(15)26/h2-5,8-9,15H,6-7,10H2,1H3,(H,22,27)(H,23,25,26). The van der Waals surface area contributed by atoms with Crippen LogP contribution in [0.25, 0.3) is 0 Å². The molecule has 1 aromatic carbocycles. The van der Waals surface area contributed by atoms with Crippen LogP contribution in [-0.4, -0.2) is 39.6 Å². The third kappa shape index (κ3) is 3.13. The Hall–Kier alpha value is -3.55. The van der Waals surface area contributed by atoms with E-state index in [-0.39, 0.29) is 24.1 Å². The lowest BCUT2D eigenvalue weighted by atomic mass is 10.0. The number of carbonyl (C=O) groups excluding carboxylic acids is 4. The second-order valence-electron chi connectivity index (χ2n) is 6.89. The summed E-state index contributed by atoms with van der Waals surface area (Å²) in [5, 5.41) is 5.04. The number of piperidine rings is 1. The highest BCUT2D eigenvalue weighted by atomic mass is 16.2. The Morgan fingerprint density at radius 3 is 2.82 bits per heavy atom. The van der Waals surface area contributed by atoms with E-state index in [2.05, 4.69) is 15.6 Å². The number of anilines is 1. The molecule has 8 heteroatoms. The van der Waals surface area contributed by atoms with Crippen molar-refractivity contribution in [1.29, 1.82) is 0 Å². The summed E-state index contributed by atoms with van der Waals surface area (Å²) in [6.07, 6.45) is 2.07. The van der Waals surface area contributed by atoms with Gasteiger partial charge in [-0.05, 0) is 42.7 Å². The number of imide groups is 1. The van der Waals surface area contributed by atoms with Crippen LogP contribution in [0, 0.1) is 6.92 Å². The number of nitrogens with zero attached hydrogens (tertiary/aromatic N) is 2. The minimum atomic E-state index is -0.660. The average molecular weight is 378 g/mol. The van der Waals surface area contributed by atoms with Crippen LogP contribution in [-0.2, 0) is 16.1 Å². The van der Waals surface area contributed by atoms with Crippen molar-refractivity contribution in [2.75, 3.05) is 5.32 Å². The van der Waals surface area contributed by atoms with Gasteiger partial charge in [-0.2, -0.15) is 0 Å². The van der Waals surface area contributed by atoms with Gasteiger partial charge in [0.15, 0.2) is 0 Å². The lowest BCUT2D eigenvalue weighted by molar-refractivity contribution is -0.136. The molecule has 0 radical (unpaired) electrons. The third-order valence-electron chi connectivity index (χ3n) is 5.01. The smallest absolute Gasteiger partial charge is 0.274 e. The maximum Gasteiger partial charge on any atom is 0.274 e. The van der Waals surface area contributed by atoms with E-state index in [4.69, 9.17) is 0 Å². The highest BCUT2D eigenvalue weighted by molar-refractivity contribution is 6.07. The fourth-order valence-corrected chi connectivity index (χ4v) is 3.55. The molecule has 2 aliphatic rings. The molecule has 0 aliphatic carbocycles. The molecule has 1 fully saturated rings. The van der Waals surface area contributed by atoms with Crippen molar-refractivity contribution >= 4 is 29.3 Å². The number of fused-ring (bicyclic) bond motifs is 1. The molecule has 2 aromatic rings. The van der Waals surface area contributed by atoms with E-state index in [1.54, 1.807) is 43.5 Å². The maximum absolute atomic E-state index is 12.8. The quantitative estimate of drug-likeness (QED) is 0.785. The van der Waals surface area contributed by atoms with Gasteiger partial charge in [-0.1, -0.05) is 12.1 Å². The van der Waals surface area contributed by atoms with Crippen molar-refractivity contribution in [1.82, 2.24) is 15.2 Å². The van der Waals surface area contributed by atoms with E-state index >= 15 is 0 Å². The molecule has 3 heterocycles. The molecule has 0 bridgehead atoms. The molecule has 2 aliphatic heterocycles. The normalized spacial score (nSPS) is 18.7. The molecule has 1 aromatic heterocycles. The van der Waals surface area contributed by atoms with Crippen LogP contribution in [0.15, 0.2) is 36.5 Å². The molecular formula is C20H18N4O4. The number of rotatable bonds is 3. The van der Waals surface area contributed by atoms with Gasteiger partial charge in [0.2, 0.25) is 11.8 Å². The first-order chi connectivity index (χ1) is 13.4. The molecule has 142 valence electrons. The first-order valence-electron chi connectivity index (χ1n) is 8.94. The van der Waals surface area contributed by atoms with Crippen LogP contribution in [0.5, 0.6) is 0 Å². The number of carbonyl (C=O) groups is 4. The van der Waals surface area contributed by atoms with E-state index in [1.807, 2.05) is 0 Å². The third-order valence-corrected chi connectivity index (χ3v) is 5.01. The predicted molar refractivity (Wildman–Crippen MR) is 99.4 cm³/mol. The lowest BCUT2D eigenvalue weighted by Crippen LogP contribution is -2.52. The minimum absolute atomic E-state index is 0.210. The van der Waals surface area contributed by atoms with Crippen LogP contribution in [0.1, 0.15) is 44.8 Å². The van der Waals surface area contributed by atoms with Gasteiger partial charge in [-0.25, -0.2) is 0 Å². The largest absolute Gasteiger partial charge is 0.322 e. The number of hydrogen-bond donors (Lipinski definition) is 2. The van der Waals surface area contributed by atoms with Crippen molar-refractivity contribution in [3.63, 3.8) is 0 Å². The summed E-state index contributed by atoms with van der Waals surface area (Å²) >= 11 is 0. The van der Waals surface area contributed by atoms with Gasteiger partial charge in [0.1, 0.15) is 11.7 Å². The maximum atomic E-state index is 12.8. The van der Waals surface area contributed by atoms with Gasteiger partial charge in [0, 0.05) is 30.4 Å². The van der Waals surface area contributed by atoms with Crippen LogP contribution in [0.3, 0.4) is 0 Å². The fraction of sp³-hybridized carbons (Fsp3) is 0.250. The molecule has 1 atom stereocenters. The summed E-state index contributed by atoms with van der Waals surface area (Å²) in [6, 6.07) is 7.98. The molecule has 0 spiro atoms. The topological polar surface area (TPSA) is 108 Å². The minimum Gasteiger partial charge on any atom is -0.322 e. The van der Waals surface area contributed by atoms with Crippen molar-refractivity contribution < 1.29 is 19.2 Å². The van der Waals surface area contributed by atoms with Crippen molar-refractivity contribution in [3.8, 4) is 0 Å². The Balaban J connectivity index is 1.53. The zero-order valence-corrected chi connectivity index (χ0v) is 15.2. The zero-order valence-electron chi connectivity index (χ0n) is 15.2. The fourth-order valence-electron chi connectivity index (χ4n) is 3.55. The summed E-state index contributed by atoms with van der Waals surface area (Å²) in [5.74, 6) is -1.41. The van der Waals surface area contributed by atoms with Gasteiger partial charge >= 0.3 is 0 Å². The first-order valence-corrected chi connectivity index (χ1v) is 8.94. The van der Waals surface area contributed by atoms with E-state index < -0.39 is 11.9 Å². The van der Waals surface area contributed by atoms with Gasteiger partial charge in [-0.3, -0.25) is 29.5 Å². The Morgan fingerprint density at radius 1 is 1.25 bits per heavy atom. The lowest BCUT2D eigenvalue weighted by Gasteiger charge is -2.29. The van der Waals surface area contributed by atoms with Gasteiger partial charge in [0.05, 0.1) is 0 Å². The molecule has 0 saturated carbocycles. The van der Waals surface area contributed by atoms with Crippen molar-refractivity contribution in [3.05, 3.63) is 58.9 Å². The molecule has 4 amide bonds. The summed E-state index contributed by atoms with van der Waals surface area (Å²) in [6.45, 7) is 2.10. The number of pyridine rings is 1. The Labute approximate surface area is 160 Å². The Kier molecular flexibility index (Phi) is 4.38. The Morgan fingerprint density at radius 2 is 2.07 bits per heavy atom. The van der Waals surface area contributed by atoms with E-state index in [0.29, 0.717) is 29.9 Å². The molecule has 1 saturated heterocycles. The number of benzene rings is 1. The van der Waals surface area contributed by atoms with Gasteiger partial charge in [0.25, 0.3) is 11.8 Å². The second-order valence-corrected chi connectivity index (χ2v) is 6.89. The van der Waals surface area contributed by atoms with E-state index in [0.717, 1.165) is 11.1 Å². The summed E-state index contributed by atoms with van der Waals surface area (Å²) in [5.41, 5.74) is 2.77. The molecule has 1 unspecified atom stereocenters. The number of amides is 4. The first kappa shape index (κ1) is 17.8.